The van der Waals surface area contributed by atoms with Crippen molar-refractivity contribution in [1.82, 2.24) is 0 Å². The van der Waals surface area contributed by atoms with Crippen molar-refractivity contribution in [2.24, 2.45) is 0 Å². The maximum atomic E-state index is 10.7. The van der Waals surface area contributed by atoms with E-state index in [0.717, 1.165) is 0 Å². The van der Waals surface area contributed by atoms with Gasteiger partial charge in [0.05, 0.1) is 4.92 Å². The van der Waals surface area contributed by atoms with Gasteiger partial charge in [-0.05, 0) is 31.2 Å². The van der Waals surface area contributed by atoms with E-state index in [-0.39, 0.29) is 11.4 Å². The molecule has 0 unspecified atom stereocenters. The number of nitro groups is 1. The van der Waals surface area contributed by atoms with Crippen LogP contribution in [0.25, 0.3) is 11.3 Å². The van der Waals surface area contributed by atoms with Crippen LogP contribution in [0.15, 0.2) is 34.7 Å². The molecule has 2 aromatic rings. The number of hydrogen-bond donors (Lipinski definition) is 1. The van der Waals surface area contributed by atoms with Crippen LogP contribution in [0.2, 0.25) is 0 Å². The van der Waals surface area contributed by atoms with Crippen LogP contribution >= 0.6 is 0 Å². The summed E-state index contributed by atoms with van der Waals surface area (Å²) in [5.41, 5.74) is 1.11. The highest BCUT2D eigenvalue weighted by Gasteiger charge is 2.14. The molecule has 0 radical (unpaired) electrons. The van der Waals surface area contributed by atoms with Crippen molar-refractivity contribution >= 4 is 11.7 Å². The van der Waals surface area contributed by atoms with Gasteiger partial charge in [-0.2, -0.15) is 0 Å². The molecule has 0 aliphatic heterocycles. The number of rotatable bonds is 3. The summed E-state index contributed by atoms with van der Waals surface area (Å²) in [5, 5.41) is 19.4. The van der Waals surface area contributed by atoms with Crippen molar-refractivity contribution in [2.75, 3.05) is 0 Å². The second-order valence-electron chi connectivity index (χ2n) is 3.73. The number of furan rings is 1. The SMILES string of the molecule is Cc1cc(-c2ccc(C(=O)O)o2)ccc1[N+](=O)[O-]. The first-order valence-corrected chi connectivity index (χ1v) is 5.07. The van der Waals surface area contributed by atoms with E-state index >= 15 is 0 Å². The maximum absolute atomic E-state index is 10.7. The van der Waals surface area contributed by atoms with Crippen LogP contribution < -0.4 is 0 Å². The minimum atomic E-state index is -1.15. The molecule has 0 atom stereocenters. The van der Waals surface area contributed by atoms with E-state index in [1.807, 2.05) is 0 Å². The van der Waals surface area contributed by atoms with Gasteiger partial charge in [0, 0.05) is 17.2 Å². The van der Waals surface area contributed by atoms with Gasteiger partial charge in [-0.15, -0.1) is 0 Å². The summed E-state index contributed by atoms with van der Waals surface area (Å²) in [5.74, 6) is -0.953. The van der Waals surface area contributed by atoms with Crippen molar-refractivity contribution in [3.05, 3.63) is 51.8 Å². The molecule has 0 bridgehead atoms. The number of carboxylic acids is 1. The van der Waals surface area contributed by atoms with Crippen LogP contribution in [0, 0.1) is 17.0 Å². The van der Waals surface area contributed by atoms with E-state index in [2.05, 4.69) is 0 Å². The zero-order chi connectivity index (χ0) is 13.3. The molecule has 2 rings (SSSR count). The molecule has 1 aromatic heterocycles. The van der Waals surface area contributed by atoms with E-state index in [9.17, 15) is 14.9 Å². The third kappa shape index (κ3) is 2.08. The zero-order valence-electron chi connectivity index (χ0n) is 9.41. The molecule has 0 spiro atoms. The number of nitrogens with zero attached hydrogens (tertiary/aromatic N) is 1. The van der Waals surface area contributed by atoms with Gasteiger partial charge in [0.1, 0.15) is 5.76 Å². The summed E-state index contributed by atoms with van der Waals surface area (Å²) >= 11 is 0. The molecule has 92 valence electrons. The Morgan fingerprint density at radius 3 is 2.56 bits per heavy atom. The number of aromatic carboxylic acids is 1. The summed E-state index contributed by atoms with van der Waals surface area (Å²) in [6, 6.07) is 7.34. The molecule has 0 aliphatic carbocycles. The van der Waals surface area contributed by atoms with Crippen molar-refractivity contribution in [3.8, 4) is 11.3 Å². The fourth-order valence-corrected chi connectivity index (χ4v) is 1.62. The van der Waals surface area contributed by atoms with E-state index in [1.165, 1.54) is 24.3 Å². The molecule has 1 N–H and O–H groups in total. The van der Waals surface area contributed by atoms with Crippen LogP contribution in [0.4, 0.5) is 5.69 Å². The lowest BCUT2D eigenvalue weighted by molar-refractivity contribution is -0.385. The van der Waals surface area contributed by atoms with Crippen molar-refractivity contribution in [2.45, 2.75) is 6.92 Å². The Bertz CT molecular complexity index is 629. The van der Waals surface area contributed by atoms with E-state index in [4.69, 9.17) is 9.52 Å². The third-order valence-electron chi connectivity index (χ3n) is 2.49. The van der Waals surface area contributed by atoms with Gasteiger partial charge in [-0.3, -0.25) is 10.1 Å². The highest BCUT2D eigenvalue weighted by Crippen LogP contribution is 2.27. The fraction of sp³-hybridized carbons (Fsp3) is 0.0833. The Hall–Kier alpha value is -2.63. The first kappa shape index (κ1) is 11.8. The lowest BCUT2D eigenvalue weighted by Crippen LogP contribution is -1.92. The molecule has 6 nitrogen and oxygen atoms in total. The number of carbonyl (C=O) groups is 1. The minimum absolute atomic E-state index is 0.0174. The van der Waals surface area contributed by atoms with Gasteiger partial charge in [0.15, 0.2) is 0 Å². The second-order valence-corrected chi connectivity index (χ2v) is 3.73. The lowest BCUT2D eigenvalue weighted by atomic mass is 10.1. The average molecular weight is 247 g/mol. The van der Waals surface area contributed by atoms with Crippen LogP contribution in [-0.2, 0) is 0 Å². The Kier molecular flexibility index (Phi) is 2.85. The third-order valence-corrected chi connectivity index (χ3v) is 2.49. The number of benzene rings is 1. The second kappa shape index (κ2) is 4.33. The van der Waals surface area contributed by atoms with Gasteiger partial charge in [-0.1, -0.05) is 0 Å². The van der Waals surface area contributed by atoms with Crippen molar-refractivity contribution in [1.29, 1.82) is 0 Å². The van der Waals surface area contributed by atoms with Crippen LogP contribution in [0.3, 0.4) is 0 Å². The predicted molar refractivity (Wildman–Crippen MR) is 62.5 cm³/mol. The van der Waals surface area contributed by atoms with Gasteiger partial charge in [-0.25, -0.2) is 4.79 Å². The van der Waals surface area contributed by atoms with E-state index < -0.39 is 10.9 Å². The quantitative estimate of drug-likeness (QED) is 0.664. The Morgan fingerprint density at radius 2 is 2.06 bits per heavy atom. The summed E-state index contributed by atoms with van der Waals surface area (Å²) < 4.78 is 5.12. The highest BCUT2D eigenvalue weighted by atomic mass is 16.6. The van der Waals surface area contributed by atoms with Crippen LogP contribution in [-0.4, -0.2) is 16.0 Å². The number of aryl methyl sites for hydroxylation is 1. The normalized spacial score (nSPS) is 10.3. The molecule has 0 saturated carbocycles. The monoisotopic (exact) mass is 247 g/mol. The molecule has 0 amide bonds. The van der Waals surface area contributed by atoms with E-state index in [0.29, 0.717) is 16.9 Å². The molecule has 0 aliphatic rings. The fourth-order valence-electron chi connectivity index (χ4n) is 1.62. The summed E-state index contributed by atoms with van der Waals surface area (Å²) in [7, 11) is 0. The van der Waals surface area contributed by atoms with Gasteiger partial charge < -0.3 is 9.52 Å². The Labute approximate surface area is 102 Å². The molecule has 0 saturated heterocycles. The van der Waals surface area contributed by atoms with Crippen molar-refractivity contribution < 1.29 is 19.2 Å². The first-order valence-electron chi connectivity index (χ1n) is 5.07. The Morgan fingerprint density at radius 1 is 1.33 bits per heavy atom. The number of hydrogen-bond acceptors (Lipinski definition) is 4. The molecular formula is C12H9NO5. The molecule has 6 heteroatoms. The molecule has 18 heavy (non-hydrogen) atoms. The van der Waals surface area contributed by atoms with Gasteiger partial charge in [0.25, 0.3) is 5.69 Å². The predicted octanol–water partition coefficient (Wildman–Crippen LogP) is 2.86. The maximum Gasteiger partial charge on any atom is 0.371 e. The van der Waals surface area contributed by atoms with Crippen molar-refractivity contribution in [3.63, 3.8) is 0 Å². The van der Waals surface area contributed by atoms with Gasteiger partial charge in [0.2, 0.25) is 5.76 Å². The Balaban J connectivity index is 2.42. The number of nitro benzene ring substituents is 1. The first-order chi connectivity index (χ1) is 8.49. The number of carboxylic acid groups (broad SMARTS) is 1. The van der Waals surface area contributed by atoms with Crippen LogP contribution in [0.1, 0.15) is 16.1 Å². The molecule has 1 heterocycles. The summed E-state index contributed by atoms with van der Waals surface area (Å²) in [4.78, 5) is 20.9. The largest absolute Gasteiger partial charge is 0.475 e. The van der Waals surface area contributed by atoms with Crippen LogP contribution in [0.5, 0.6) is 0 Å². The molecule has 0 fully saturated rings. The smallest absolute Gasteiger partial charge is 0.371 e. The lowest BCUT2D eigenvalue weighted by Gasteiger charge is -2.00. The summed E-state index contributed by atoms with van der Waals surface area (Å²) in [6.07, 6.45) is 0. The topological polar surface area (TPSA) is 93.6 Å². The summed E-state index contributed by atoms with van der Waals surface area (Å²) in [6.45, 7) is 1.61. The van der Waals surface area contributed by atoms with E-state index in [1.54, 1.807) is 13.0 Å². The van der Waals surface area contributed by atoms with Gasteiger partial charge >= 0.3 is 5.97 Å². The average Bonchev–Trinajstić information content (AvgIpc) is 2.77. The molecular weight excluding hydrogens is 238 g/mol. The molecule has 1 aromatic carbocycles. The minimum Gasteiger partial charge on any atom is -0.475 e. The highest BCUT2D eigenvalue weighted by molar-refractivity contribution is 5.85. The standard InChI is InChI=1S/C12H9NO5/c1-7-6-8(2-3-9(7)13(16)17)10-4-5-11(18-10)12(14)15/h2-6H,1H3,(H,14,15). The zero-order valence-corrected chi connectivity index (χ0v) is 9.41.